The SMILES string of the molecule is Cc1sc2ncnc(NCc3ccc(N4CCCC4)nc3)c2c1C. The Labute approximate surface area is 145 Å². The van der Waals surface area contributed by atoms with Gasteiger partial charge in [-0.1, -0.05) is 6.07 Å². The number of pyridine rings is 1. The highest BCUT2D eigenvalue weighted by Gasteiger charge is 2.14. The van der Waals surface area contributed by atoms with Crippen molar-refractivity contribution in [2.45, 2.75) is 33.2 Å². The van der Waals surface area contributed by atoms with Crippen LogP contribution in [-0.4, -0.2) is 28.0 Å². The number of nitrogens with one attached hydrogen (secondary N) is 1. The summed E-state index contributed by atoms with van der Waals surface area (Å²) < 4.78 is 0. The summed E-state index contributed by atoms with van der Waals surface area (Å²) in [7, 11) is 0. The monoisotopic (exact) mass is 339 g/mol. The molecule has 1 fully saturated rings. The Bertz CT molecular complexity index is 850. The highest BCUT2D eigenvalue weighted by Crippen LogP contribution is 2.32. The topological polar surface area (TPSA) is 53.9 Å². The van der Waals surface area contributed by atoms with Crippen LogP contribution in [0.25, 0.3) is 10.2 Å². The van der Waals surface area contributed by atoms with E-state index in [1.807, 2.05) is 6.20 Å². The van der Waals surface area contributed by atoms with Crippen molar-refractivity contribution in [1.82, 2.24) is 15.0 Å². The number of anilines is 2. The Balaban J connectivity index is 1.51. The number of aromatic nitrogens is 3. The van der Waals surface area contributed by atoms with E-state index in [9.17, 15) is 0 Å². The number of thiophene rings is 1. The number of aryl methyl sites for hydroxylation is 2. The first-order valence-electron chi connectivity index (χ1n) is 8.37. The lowest BCUT2D eigenvalue weighted by Crippen LogP contribution is -2.18. The predicted molar refractivity (Wildman–Crippen MR) is 99.9 cm³/mol. The summed E-state index contributed by atoms with van der Waals surface area (Å²) in [5.74, 6) is 2.00. The largest absolute Gasteiger partial charge is 0.365 e. The molecule has 0 spiro atoms. The summed E-state index contributed by atoms with van der Waals surface area (Å²) in [6.45, 7) is 7.23. The average molecular weight is 339 g/mol. The fourth-order valence-corrected chi connectivity index (χ4v) is 4.15. The van der Waals surface area contributed by atoms with Gasteiger partial charge >= 0.3 is 0 Å². The fourth-order valence-electron chi connectivity index (χ4n) is 3.16. The molecule has 0 bridgehead atoms. The third-order valence-corrected chi connectivity index (χ3v) is 5.78. The number of fused-ring (bicyclic) bond motifs is 1. The number of nitrogens with zero attached hydrogens (tertiary/aromatic N) is 4. The molecule has 0 amide bonds. The minimum atomic E-state index is 0.716. The number of hydrogen-bond acceptors (Lipinski definition) is 6. The molecule has 3 aromatic rings. The number of rotatable bonds is 4. The van der Waals surface area contributed by atoms with E-state index >= 15 is 0 Å². The Morgan fingerprint density at radius 3 is 2.71 bits per heavy atom. The molecule has 0 atom stereocenters. The molecule has 0 aliphatic carbocycles. The average Bonchev–Trinajstić information content (AvgIpc) is 3.23. The van der Waals surface area contributed by atoms with E-state index in [2.05, 4.69) is 51.1 Å². The zero-order valence-electron chi connectivity index (χ0n) is 14.0. The lowest BCUT2D eigenvalue weighted by Gasteiger charge is -2.16. The van der Waals surface area contributed by atoms with Crippen molar-refractivity contribution in [3.05, 3.63) is 40.7 Å². The first kappa shape index (κ1) is 15.3. The lowest BCUT2D eigenvalue weighted by molar-refractivity contribution is 0.932. The summed E-state index contributed by atoms with van der Waals surface area (Å²) in [5, 5.41) is 4.59. The van der Waals surface area contributed by atoms with Gasteiger partial charge in [-0.25, -0.2) is 15.0 Å². The van der Waals surface area contributed by atoms with Gasteiger partial charge in [0, 0.05) is 30.7 Å². The molecular weight excluding hydrogens is 318 g/mol. The minimum Gasteiger partial charge on any atom is -0.365 e. The number of hydrogen-bond donors (Lipinski definition) is 1. The molecule has 1 N–H and O–H groups in total. The van der Waals surface area contributed by atoms with Crippen LogP contribution in [0, 0.1) is 13.8 Å². The Kier molecular flexibility index (Phi) is 4.06. The molecule has 6 heteroatoms. The molecule has 124 valence electrons. The molecular formula is C18H21N5S. The van der Waals surface area contributed by atoms with Gasteiger partial charge in [-0.15, -0.1) is 11.3 Å². The van der Waals surface area contributed by atoms with Gasteiger partial charge in [-0.3, -0.25) is 0 Å². The molecule has 5 nitrogen and oxygen atoms in total. The summed E-state index contributed by atoms with van der Waals surface area (Å²) in [5.41, 5.74) is 2.43. The minimum absolute atomic E-state index is 0.716. The van der Waals surface area contributed by atoms with Gasteiger partial charge in [0.05, 0.1) is 5.39 Å². The molecule has 4 rings (SSSR count). The van der Waals surface area contributed by atoms with E-state index in [0.29, 0.717) is 6.54 Å². The van der Waals surface area contributed by atoms with Gasteiger partial charge in [0.15, 0.2) is 0 Å². The normalized spacial score (nSPS) is 14.5. The molecule has 0 radical (unpaired) electrons. The summed E-state index contributed by atoms with van der Waals surface area (Å²) >= 11 is 1.72. The summed E-state index contributed by atoms with van der Waals surface area (Å²) in [4.78, 5) is 18.1. The zero-order valence-corrected chi connectivity index (χ0v) is 14.9. The van der Waals surface area contributed by atoms with E-state index in [-0.39, 0.29) is 0 Å². The standard InChI is InChI=1S/C18H21N5S/c1-12-13(2)24-18-16(12)17(21-11-22-18)20-10-14-5-6-15(19-9-14)23-7-3-4-8-23/h5-6,9,11H,3-4,7-8,10H2,1-2H3,(H,20,21,22). The lowest BCUT2D eigenvalue weighted by atomic mass is 10.2. The van der Waals surface area contributed by atoms with Crippen LogP contribution < -0.4 is 10.2 Å². The van der Waals surface area contributed by atoms with Crippen molar-refractivity contribution >= 4 is 33.2 Å². The van der Waals surface area contributed by atoms with Crippen molar-refractivity contribution < 1.29 is 0 Å². The second-order valence-electron chi connectivity index (χ2n) is 6.26. The zero-order chi connectivity index (χ0) is 16.5. The maximum absolute atomic E-state index is 4.61. The van der Waals surface area contributed by atoms with Crippen LogP contribution in [0.15, 0.2) is 24.7 Å². The van der Waals surface area contributed by atoms with Crippen molar-refractivity contribution in [3.8, 4) is 0 Å². The molecule has 0 saturated carbocycles. The quantitative estimate of drug-likeness (QED) is 0.781. The first-order chi connectivity index (χ1) is 11.7. The molecule has 1 aliphatic rings. The molecule has 3 aromatic heterocycles. The molecule has 0 unspecified atom stereocenters. The molecule has 4 heterocycles. The third kappa shape index (κ3) is 2.82. The van der Waals surface area contributed by atoms with Crippen LogP contribution in [-0.2, 0) is 6.54 Å². The van der Waals surface area contributed by atoms with Crippen molar-refractivity contribution in [2.75, 3.05) is 23.3 Å². The van der Waals surface area contributed by atoms with E-state index in [0.717, 1.165) is 40.5 Å². The summed E-state index contributed by atoms with van der Waals surface area (Å²) in [6, 6.07) is 4.27. The van der Waals surface area contributed by atoms with Crippen LogP contribution in [0.4, 0.5) is 11.6 Å². The Hall–Kier alpha value is -2.21. The predicted octanol–water partition coefficient (Wildman–Crippen LogP) is 3.92. The van der Waals surface area contributed by atoms with Crippen molar-refractivity contribution in [1.29, 1.82) is 0 Å². The van der Waals surface area contributed by atoms with Crippen LogP contribution >= 0.6 is 11.3 Å². The maximum atomic E-state index is 4.61. The first-order valence-corrected chi connectivity index (χ1v) is 9.18. The van der Waals surface area contributed by atoms with Crippen LogP contribution in [0.3, 0.4) is 0 Å². The smallest absolute Gasteiger partial charge is 0.138 e. The molecule has 24 heavy (non-hydrogen) atoms. The Morgan fingerprint density at radius 2 is 1.96 bits per heavy atom. The van der Waals surface area contributed by atoms with Crippen LogP contribution in [0.5, 0.6) is 0 Å². The van der Waals surface area contributed by atoms with E-state index in [4.69, 9.17) is 0 Å². The Morgan fingerprint density at radius 1 is 1.12 bits per heavy atom. The van der Waals surface area contributed by atoms with Gasteiger partial charge in [0.25, 0.3) is 0 Å². The summed E-state index contributed by atoms with van der Waals surface area (Å²) in [6.07, 6.45) is 6.14. The third-order valence-electron chi connectivity index (χ3n) is 4.66. The van der Waals surface area contributed by atoms with Gasteiger partial charge < -0.3 is 10.2 Å². The fraction of sp³-hybridized carbons (Fsp3) is 0.389. The highest BCUT2D eigenvalue weighted by atomic mass is 32.1. The second kappa shape index (κ2) is 6.36. The van der Waals surface area contributed by atoms with Crippen LogP contribution in [0.1, 0.15) is 28.8 Å². The maximum Gasteiger partial charge on any atom is 0.138 e. The van der Waals surface area contributed by atoms with Gasteiger partial charge in [-0.2, -0.15) is 0 Å². The van der Waals surface area contributed by atoms with Gasteiger partial charge in [0.2, 0.25) is 0 Å². The highest BCUT2D eigenvalue weighted by molar-refractivity contribution is 7.18. The van der Waals surface area contributed by atoms with Gasteiger partial charge in [0.1, 0.15) is 22.8 Å². The molecule has 1 saturated heterocycles. The molecule has 1 aliphatic heterocycles. The molecule has 0 aromatic carbocycles. The second-order valence-corrected chi connectivity index (χ2v) is 7.46. The van der Waals surface area contributed by atoms with E-state index in [1.165, 1.54) is 23.3 Å². The van der Waals surface area contributed by atoms with E-state index in [1.54, 1.807) is 17.7 Å². The van der Waals surface area contributed by atoms with Crippen molar-refractivity contribution in [2.24, 2.45) is 0 Å². The van der Waals surface area contributed by atoms with Crippen LogP contribution in [0.2, 0.25) is 0 Å². The van der Waals surface area contributed by atoms with Gasteiger partial charge in [-0.05, 0) is 43.9 Å². The van der Waals surface area contributed by atoms with Crippen molar-refractivity contribution in [3.63, 3.8) is 0 Å². The van der Waals surface area contributed by atoms with E-state index < -0.39 is 0 Å².